The topological polar surface area (TPSA) is 129 Å². The van der Waals surface area contributed by atoms with Crippen molar-refractivity contribution in [3.63, 3.8) is 0 Å². The van der Waals surface area contributed by atoms with Gasteiger partial charge in [0.05, 0.1) is 23.5 Å². The molecule has 10 heteroatoms. The molecule has 0 atom stereocenters. The van der Waals surface area contributed by atoms with Gasteiger partial charge in [-0.3, -0.25) is 0 Å². The van der Waals surface area contributed by atoms with Gasteiger partial charge in [-0.25, -0.2) is 24.4 Å². The summed E-state index contributed by atoms with van der Waals surface area (Å²) < 4.78 is 16.8. The molecule has 4 rings (SSSR count). The van der Waals surface area contributed by atoms with Crippen LogP contribution in [0.2, 0.25) is 0 Å². The quantitative estimate of drug-likeness (QED) is 0.478. The van der Waals surface area contributed by atoms with Crippen LogP contribution in [0.1, 0.15) is 112 Å². The lowest BCUT2D eigenvalue weighted by atomic mass is 9.81. The van der Waals surface area contributed by atoms with E-state index in [-0.39, 0.29) is 51.5 Å². The number of carbonyl (C=O) groups is 3. The molecule has 10 nitrogen and oxygen atoms in total. The van der Waals surface area contributed by atoms with Crippen molar-refractivity contribution in [2.45, 2.75) is 115 Å². The number of piperidine rings is 2. The standard InChI is InChI=1S/C31H42N4O6/c1-28(2)13-21(14-29(3,4)34-28)39-25(36)19-9-11-20(12-10-19)26(37)41-23-17-32-24(33-18-23)27(38)40-22-15-30(5,6)35-31(7,8)16-22/h9-12,17-18,21-22,34-35H,13-16H2,1-8H3. The molecule has 0 amide bonds. The number of hydrogen-bond acceptors (Lipinski definition) is 10. The summed E-state index contributed by atoms with van der Waals surface area (Å²) in [5.74, 6) is -1.74. The second-order valence-electron chi connectivity index (χ2n) is 13.9. The lowest BCUT2D eigenvalue weighted by Crippen LogP contribution is -2.59. The van der Waals surface area contributed by atoms with Crippen LogP contribution in [0.25, 0.3) is 0 Å². The van der Waals surface area contributed by atoms with E-state index in [0.717, 1.165) is 0 Å². The Morgan fingerprint density at radius 2 is 1.00 bits per heavy atom. The zero-order chi connectivity index (χ0) is 30.2. The highest BCUT2D eigenvalue weighted by Crippen LogP contribution is 2.32. The number of hydrogen-bond donors (Lipinski definition) is 2. The molecule has 1 aromatic carbocycles. The smallest absolute Gasteiger partial charge is 0.376 e. The first-order valence-corrected chi connectivity index (χ1v) is 14.1. The molecule has 2 N–H and O–H groups in total. The van der Waals surface area contributed by atoms with Crippen LogP contribution in [-0.4, -0.2) is 62.2 Å². The monoisotopic (exact) mass is 566 g/mol. The molecule has 0 aliphatic carbocycles. The molecule has 3 heterocycles. The van der Waals surface area contributed by atoms with Gasteiger partial charge in [-0.15, -0.1) is 0 Å². The highest BCUT2D eigenvalue weighted by molar-refractivity contribution is 5.94. The van der Waals surface area contributed by atoms with Crippen molar-refractivity contribution < 1.29 is 28.6 Å². The molecule has 0 radical (unpaired) electrons. The second kappa shape index (κ2) is 11.1. The van der Waals surface area contributed by atoms with Crippen LogP contribution in [-0.2, 0) is 9.47 Å². The maximum absolute atomic E-state index is 12.8. The van der Waals surface area contributed by atoms with Crippen molar-refractivity contribution in [2.75, 3.05) is 0 Å². The normalized spacial score (nSPS) is 21.5. The van der Waals surface area contributed by atoms with Gasteiger partial charge in [0, 0.05) is 47.8 Å². The van der Waals surface area contributed by atoms with Crippen molar-refractivity contribution in [3.05, 3.63) is 53.6 Å². The third kappa shape index (κ3) is 8.33. The van der Waals surface area contributed by atoms with Crippen LogP contribution >= 0.6 is 0 Å². The van der Waals surface area contributed by atoms with Gasteiger partial charge in [0.2, 0.25) is 5.82 Å². The number of ether oxygens (including phenoxy) is 3. The number of esters is 3. The Balaban J connectivity index is 1.31. The third-order valence-corrected chi connectivity index (χ3v) is 7.23. The SMILES string of the molecule is CC1(C)CC(OC(=O)c2ccc(C(=O)Oc3cnc(C(=O)OC4CC(C)(C)NC(C)(C)C4)nc3)cc2)CC(C)(C)N1. The lowest BCUT2D eigenvalue weighted by molar-refractivity contribution is -0.00830. The molecule has 2 saturated heterocycles. The molecular weight excluding hydrogens is 524 g/mol. The first kappa shape index (κ1) is 30.6. The number of aromatic nitrogens is 2. The Labute approximate surface area is 242 Å². The summed E-state index contributed by atoms with van der Waals surface area (Å²) in [6.07, 6.45) is 4.78. The molecule has 2 aromatic rings. The summed E-state index contributed by atoms with van der Waals surface area (Å²) in [6.45, 7) is 16.7. The highest BCUT2D eigenvalue weighted by Gasteiger charge is 2.40. The van der Waals surface area contributed by atoms with Gasteiger partial charge in [-0.1, -0.05) is 0 Å². The average Bonchev–Trinajstić information content (AvgIpc) is 2.80. The number of nitrogens with zero attached hydrogens (tertiary/aromatic N) is 2. The predicted molar refractivity (Wildman–Crippen MR) is 153 cm³/mol. The molecule has 2 fully saturated rings. The number of rotatable bonds is 6. The molecule has 222 valence electrons. The van der Waals surface area contributed by atoms with Gasteiger partial charge in [0.15, 0.2) is 5.75 Å². The van der Waals surface area contributed by atoms with E-state index in [9.17, 15) is 14.4 Å². The highest BCUT2D eigenvalue weighted by atomic mass is 16.6. The van der Waals surface area contributed by atoms with Gasteiger partial charge >= 0.3 is 17.9 Å². The summed E-state index contributed by atoms with van der Waals surface area (Å²) >= 11 is 0. The maximum Gasteiger partial charge on any atom is 0.376 e. The van der Waals surface area contributed by atoms with Gasteiger partial charge in [0.25, 0.3) is 0 Å². The van der Waals surface area contributed by atoms with Crippen LogP contribution in [0.5, 0.6) is 5.75 Å². The average molecular weight is 567 g/mol. The Morgan fingerprint density at radius 1 is 0.634 bits per heavy atom. The minimum absolute atomic E-state index is 0.0790. The third-order valence-electron chi connectivity index (χ3n) is 7.23. The van der Waals surface area contributed by atoms with Crippen molar-refractivity contribution >= 4 is 17.9 Å². The van der Waals surface area contributed by atoms with Crippen molar-refractivity contribution in [1.29, 1.82) is 0 Å². The number of nitrogens with one attached hydrogen (secondary N) is 2. The summed E-state index contributed by atoms with van der Waals surface area (Å²) in [5, 5.41) is 7.12. The predicted octanol–water partition coefficient (Wildman–Crippen LogP) is 4.63. The van der Waals surface area contributed by atoms with E-state index in [1.807, 2.05) is 0 Å². The fraction of sp³-hybridized carbons (Fsp3) is 0.581. The molecular formula is C31H42N4O6. The Morgan fingerprint density at radius 3 is 1.41 bits per heavy atom. The van der Waals surface area contributed by atoms with Crippen LogP contribution in [0, 0.1) is 0 Å². The molecule has 1 aromatic heterocycles. The van der Waals surface area contributed by atoms with Crippen LogP contribution in [0.15, 0.2) is 36.7 Å². The number of carbonyl (C=O) groups excluding carboxylic acids is 3. The molecule has 0 saturated carbocycles. The van der Waals surface area contributed by atoms with E-state index < -0.39 is 17.9 Å². The zero-order valence-electron chi connectivity index (χ0n) is 25.3. The van der Waals surface area contributed by atoms with Crippen molar-refractivity contribution in [3.8, 4) is 5.75 Å². The Bertz CT molecular complexity index is 1250. The van der Waals surface area contributed by atoms with E-state index in [2.05, 4.69) is 76.0 Å². The molecule has 0 bridgehead atoms. The number of benzene rings is 1. The maximum atomic E-state index is 12.8. The summed E-state index contributed by atoms with van der Waals surface area (Å²) in [6, 6.07) is 6.08. The van der Waals surface area contributed by atoms with Crippen LogP contribution in [0.3, 0.4) is 0 Å². The van der Waals surface area contributed by atoms with E-state index in [1.54, 1.807) is 0 Å². The molecule has 2 aliphatic heterocycles. The molecule has 0 spiro atoms. The van der Waals surface area contributed by atoms with Crippen molar-refractivity contribution in [2.24, 2.45) is 0 Å². The minimum Gasteiger partial charge on any atom is -0.459 e. The van der Waals surface area contributed by atoms with Gasteiger partial charge in [0.1, 0.15) is 12.2 Å². The van der Waals surface area contributed by atoms with E-state index in [4.69, 9.17) is 14.2 Å². The Kier molecular flexibility index (Phi) is 8.30. The van der Waals surface area contributed by atoms with E-state index in [0.29, 0.717) is 31.2 Å². The molecule has 2 aliphatic rings. The van der Waals surface area contributed by atoms with E-state index >= 15 is 0 Å². The minimum atomic E-state index is -0.648. The molecule has 41 heavy (non-hydrogen) atoms. The lowest BCUT2D eigenvalue weighted by Gasteiger charge is -2.45. The summed E-state index contributed by atoms with van der Waals surface area (Å²) in [7, 11) is 0. The van der Waals surface area contributed by atoms with Gasteiger partial charge < -0.3 is 24.8 Å². The van der Waals surface area contributed by atoms with E-state index in [1.165, 1.54) is 36.7 Å². The zero-order valence-corrected chi connectivity index (χ0v) is 25.3. The summed E-state index contributed by atoms with van der Waals surface area (Å²) in [5.41, 5.74) is -0.0570. The molecule has 0 unspecified atom stereocenters. The van der Waals surface area contributed by atoms with Gasteiger partial charge in [-0.05, 0) is 79.7 Å². The first-order valence-electron chi connectivity index (χ1n) is 14.1. The summed E-state index contributed by atoms with van der Waals surface area (Å²) in [4.78, 5) is 46.1. The fourth-order valence-corrected chi connectivity index (χ4v) is 6.43. The van der Waals surface area contributed by atoms with Crippen molar-refractivity contribution in [1.82, 2.24) is 20.6 Å². The Hall–Kier alpha value is -3.37. The van der Waals surface area contributed by atoms with Gasteiger partial charge in [-0.2, -0.15) is 0 Å². The largest absolute Gasteiger partial charge is 0.459 e. The fourth-order valence-electron chi connectivity index (χ4n) is 6.43. The second-order valence-corrected chi connectivity index (χ2v) is 13.9. The van der Waals surface area contributed by atoms with Crippen LogP contribution in [0.4, 0.5) is 0 Å². The van der Waals surface area contributed by atoms with Crippen LogP contribution < -0.4 is 15.4 Å². The first-order chi connectivity index (χ1) is 18.9.